The lowest BCUT2D eigenvalue weighted by molar-refractivity contribution is -0.167. The molecule has 1 aliphatic rings. The molecule has 0 saturated heterocycles. The number of nitrogens with one attached hydrogen (secondary N) is 2. The fourth-order valence-electron chi connectivity index (χ4n) is 4.43. The first-order valence-corrected chi connectivity index (χ1v) is 10.7. The third kappa shape index (κ3) is 4.46. The van der Waals surface area contributed by atoms with Crippen molar-refractivity contribution in [3.8, 4) is 0 Å². The Hall–Kier alpha value is -3.68. The quantitative estimate of drug-likeness (QED) is 0.200. The number of hydrogen-bond donors (Lipinski definition) is 4. The smallest absolute Gasteiger partial charge is 0.337 e. The SMILES string of the molecule is CC(C)(C)OC(=O)[C@](NC=O)(c1ccc(C(=N)N)cc1)C(c1ccccc1)C1(C(N)=O)CC1. The molecule has 174 valence electrons. The van der Waals surface area contributed by atoms with Crippen LogP contribution in [0.4, 0.5) is 0 Å². The van der Waals surface area contributed by atoms with Crippen LogP contribution in [-0.2, 0) is 24.7 Å². The van der Waals surface area contributed by atoms with Crippen molar-refractivity contribution < 1.29 is 19.1 Å². The maximum atomic E-state index is 13.9. The molecule has 2 atom stereocenters. The van der Waals surface area contributed by atoms with Gasteiger partial charge in [-0.05, 0) is 44.7 Å². The number of carbonyl (C=O) groups is 3. The summed E-state index contributed by atoms with van der Waals surface area (Å²) in [5.74, 6) is -2.22. The van der Waals surface area contributed by atoms with Crippen LogP contribution >= 0.6 is 0 Å². The van der Waals surface area contributed by atoms with E-state index in [1.807, 2.05) is 18.2 Å². The molecule has 8 heteroatoms. The average molecular weight is 451 g/mol. The van der Waals surface area contributed by atoms with Gasteiger partial charge >= 0.3 is 5.97 Å². The van der Waals surface area contributed by atoms with E-state index >= 15 is 0 Å². The van der Waals surface area contributed by atoms with Crippen molar-refractivity contribution in [2.45, 2.75) is 50.7 Å². The van der Waals surface area contributed by atoms with Crippen LogP contribution in [0, 0.1) is 10.8 Å². The van der Waals surface area contributed by atoms with Gasteiger partial charge in [0.2, 0.25) is 12.3 Å². The van der Waals surface area contributed by atoms with Gasteiger partial charge in [0.25, 0.3) is 0 Å². The van der Waals surface area contributed by atoms with Crippen LogP contribution < -0.4 is 16.8 Å². The summed E-state index contributed by atoms with van der Waals surface area (Å²) in [6.07, 6.45) is 1.38. The standard InChI is InChI=1S/C25H30N4O4/c1-23(2,3)33-22(32)25(29-15-30,18-11-9-17(10-12-18)20(26)27)19(16-7-5-4-6-8-16)24(13-14-24)21(28)31/h4-12,15,19H,13-14H2,1-3H3,(H3,26,27)(H2,28,31)(H,29,30)/t19?,25-/m0/s1. The molecular weight excluding hydrogens is 420 g/mol. The zero-order chi connectivity index (χ0) is 24.4. The Bertz CT molecular complexity index is 1060. The molecule has 0 heterocycles. The average Bonchev–Trinajstić information content (AvgIpc) is 3.54. The molecule has 8 nitrogen and oxygen atoms in total. The van der Waals surface area contributed by atoms with Crippen LogP contribution in [0.3, 0.4) is 0 Å². The van der Waals surface area contributed by atoms with Gasteiger partial charge in [-0.1, -0.05) is 54.6 Å². The molecule has 0 spiro atoms. The molecule has 33 heavy (non-hydrogen) atoms. The van der Waals surface area contributed by atoms with Crippen LogP contribution in [-0.4, -0.2) is 29.7 Å². The van der Waals surface area contributed by atoms with Crippen molar-refractivity contribution in [2.75, 3.05) is 0 Å². The Labute approximate surface area is 193 Å². The summed E-state index contributed by atoms with van der Waals surface area (Å²) in [5.41, 5.74) is 9.34. The van der Waals surface area contributed by atoms with Gasteiger partial charge in [0, 0.05) is 11.5 Å². The van der Waals surface area contributed by atoms with Gasteiger partial charge in [0.1, 0.15) is 11.4 Å². The van der Waals surface area contributed by atoms with Gasteiger partial charge in [-0.2, -0.15) is 0 Å². The number of benzene rings is 2. The largest absolute Gasteiger partial charge is 0.458 e. The monoisotopic (exact) mass is 450 g/mol. The molecule has 1 unspecified atom stereocenters. The first-order valence-electron chi connectivity index (χ1n) is 10.7. The van der Waals surface area contributed by atoms with Gasteiger partial charge in [0.15, 0.2) is 5.54 Å². The third-order valence-corrected chi connectivity index (χ3v) is 6.06. The van der Waals surface area contributed by atoms with Crippen molar-refractivity contribution in [1.82, 2.24) is 5.32 Å². The van der Waals surface area contributed by atoms with Crippen molar-refractivity contribution in [3.63, 3.8) is 0 Å². The molecule has 6 N–H and O–H groups in total. The van der Waals surface area contributed by atoms with Gasteiger partial charge in [-0.3, -0.25) is 15.0 Å². The number of ether oxygens (including phenoxy) is 1. The minimum atomic E-state index is -1.75. The molecule has 0 aromatic heterocycles. The van der Waals surface area contributed by atoms with E-state index in [0.29, 0.717) is 35.9 Å². The summed E-state index contributed by atoms with van der Waals surface area (Å²) in [6, 6.07) is 15.5. The van der Waals surface area contributed by atoms with Crippen LogP contribution in [0.1, 0.15) is 56.2 Å². The molecule has 1 fully saturated rings. The number of carbonyl (C=O) groups excluding carboxylic acids is 3. The highest BCUT2D eigenvalue weighted by Crippen LogP contribution is 2.62. The van der Waals surface area contributed by atoms with Crippen molar-refractivity contribution in [3.05, 3.63) is 71.3 Å². The molecule has 1 aliphatic carbocycles. The number of nitrogen functional groups attached to an aromatic ring is 1. The molecule has 0 radical (unpaired) electrons. The summed E-state index contributed by atoms with van der Waals surface area (Å²) in [4.78, 5) is 38.7. The maximum absolute atomic E-state index is 13.9. The highest BCUT2D eigenvalue weighted by atomic mass is 16.6. The van der Waals surface area contributed by atoms with Gasteiger partial charge in [-0.15, -0.1) is 0 Å². The van der Waals surface area contributed by atoms with Crippen molar-refractivity contribution in [2.24, 2.45) is 16.9 Å². The second kappa shape index (κ2) is 8.69. The first-order chi connectivity index (χ1) is 15.5. The van der Waals surface area contributed by atoms with E-state index in [9.17, 15) is 14.4 Å². The molecule has 2 aromatic carbocycles. The lowest BCUT2D eigenvalue weighted by Crippen LogP contribution is -2.58. The van der Waals surface area contributed by atoms with E-state index in [2.05, 4.69) is 5.32 Å². The van der Waals surface area contributed by atoms with E-state index in [1.165, 1.54) is 0 Å². The molecule has 2 aromatic rings. The van der Waals surface area contributed by atoms with Crippen LogP contribution in [0.15, 0.2) is 54.6 Å². The highest BCUT2D eigenvalue weighted by Gasteiger charge is 2.65. The number of hydrogen-bond acceptors (Lipinski definition) is 5. The molecule has 0 bridgehead atoms. The maximum Gasteiger partial charge on any atom is 0.337 e. The Morgan fingerprint density at radius 3 is 2.06 bits per heavy atom. The minimum absolute atomic E-state index is 0.136. The van der Waals surface area contributed by atoms with E-state index < -0.39 is 34.3 Å². The summed E-state index contributed by atoms with van der Waals surface area (Å²) in [5, 5.41) is 10.4. The summed E-state index contributed by atoms with van der Waals surface area (Å²) in [7, 11) is 0. The number of esters is 1. The fourth-order valence-corrected chi connectivity index (χ4v) is 4.43. The third-order valence-electron chi connectivity index (χ3n) is 6.06. The number of nitrogens with two attached hydrogens (primary N) is 2. The lowest BCUT2D eigenvalue weighted by atomic mass is 9.66. The van der Waals surface area contributed by atoms with Gasteiger partial charge in [0.05, 0.1) is 5.41 Å². The number of amides is 2. The first kappa shape index (κ1) is 24.0. The molecular formula is C25H30N4O4. The zero-order valence-electron chi connectivity index (χ0n) is 19.1. The summed E-state index contributed by atoms with van der Waals surface area (Å²) < 4.78 is 5.81. The van der Waals surface area contributed by atoms with E-state index in [4.69, 9.17) is 21.6 Å². The summed E-state index contributed by atoms with van der Waals surface area (Å²) >= 11 is 0. The van der Waals surface area contributed by atoms with Gasteiger partial charge in [-0.25, -0.2) is 4.79 Å². The van der Waals surface area contributed by atoms with Crippen LogP contribution in [0.5, 0.6) is 0 Å². The Kier molecular flexibility index (Phi) is 6.31. The number of amidine groups is 1. The Morgan fingerprint density at radius 2 is 1.64 bits per heavy atom. The minimum Gasteiger partial charge on any atom is -0.458 e. The molecule has 2 amide bonds. The normalized spacial score (nSPS) is 17.2. The molecule has 1 saturated carbocycles. The van der Waals surface area contributed by atoms with E-state index in [-0.39, 0.29) is 5.84 Å². The van der Waals surface area contributed by atoms with Gasteiger partial charge < -0.3 is 21.5 Å². The van der Waals surface area contributed by atoms with Crippen molar-refractivity contribution in [1.29, 1.82) is 5.41 Å². The van der Waals surface area contributed by atoms with Crippen molar-refractivity contribution >= 4 is 24.1 Å². The highest BCUT2D eigenvalue weighted by molar-refractivity contribution is 5.96. The predicted octanol–water partition coefficient (Wildman–Crippen LogP) is 2.30. The second-order valence-corrected chi connectivity index (χ2v) is 9.43. The van der Waals surface area contributed by atoms with E-state index in [0.717, 1.165) is 0 Å². The second-order valence-electron chi connectivity index (χ2n) is 9.43. The number of primary amides is 1. The van der Waals surface area contributed by atoms with Crippen LogP contribution in [0.25, 0.3) is 0 Å². The predicted molar refractivity (Wildman–Crippen MR) is 124 cm³/mol. The fraction of sp³-hybridized carbons (Fsp3) is 0.360. The summed E-state index contributed by atoms with van der Waals surface area (Å²) in [6.45, 7) is 5.19. The Morgan fingerprint density at radius 1 is 1.06 bits per heavy atom. The van der Waals surface area contributed by atoms with Crippen LogP contribution in [0.2, 0.25) is 0 Å². The molecule has 0 aliphatic heterocycles. The lowest BCUT2D eigenvalue weighted by Gasteiger charge is -2.43. The number of rotatable bonds is 9. The zero-order valence-corrected chi connectivity index (χ0v) is 19.1. The van der Waals surface area contributed by atoms with E-state index in [1.54, 1.807) is 57.2 Å². The topological polar surface area (TPSA) is 148 Å². The Balaban J connectivity index is 2.35. The molecule has 3 rings (SSSR count).